The molecule has 0 radical (unpaired) electrons. The predicted octanol–water partition coefficient (Wildman–Crippen LogP) is 8.48. The monoisotopic (exact) mass is 775 g/mol. The van der Waals surface area contributed by atoms with Crippen LogP contribution in [0.25, 0.3) is 0 Å². The fraction of sp³-hybridized carbons (Fsp3) is 0.500. The maximum atomic E-state index is 14.4. The minimum atomic E-state index is -4.55. The minimum absolute atomic E-state index is 0.0157. The fourth-order valence-electron chi connectivity index (χ4n) is 8.52. The van der Waals surface area contributed by atoms with Crippen LogP contribution in [-0.2, 0) is 32.0 Å². The molecule has 3 heterocycles. The van der Waals surface area contributed by atoms with Gasteiger partial charge in [-0.1, -0.05) is 85.3 Å². The molecule has 3 aromatic carbocycles. The van der Waals surface area contributed by atoms with E-state index in [0.29, 0.717) is 57.2 Å². The van der Waals surface area contributed by atoms with Crippen molar-refractivity contribution in [3.8, 4) is 0 Å². The molecule has 0 bridgehead atoms. The maximum Gasteiger partial charge on any atom is 0.408 e. The molecule has 0 saturated carbocycles. The number of hydrogen-bond acceptors (Lipinski definition) is 5. The van der Waals surface area contributed by atoms with Crippen LogP contribution < -0.4 is 10.2 Å². The summed E-state index contributed by atoms with van der Waals surface area (Å²) in [6.45, 7) is 2.59. The largest absolute Gasteiger partial charge is 0.408 e. The summed E-state index contributed by atoms with van der Waals surface area (Å²) in [7, 11) is 0. The Kier molecular flexibility index (Phi) is 13.8. The van der Waals surface area contributed by atoms with Gasteiger partial charge < -0.3 is 15.1 Å². The number of Topliss-reactive ketones (excluding diaryl/α,β-unsaturated/α-hetero) is 1. The lowest BCUT2D eigenvalue weighted by Crippen LogP contribution is -2.59. The molecule has 294 valence electrons. The van der Waals surface area contributed by atoms with Crippen molar-refractivity contribution in [1.82, 2.24) is 10.2 Å². The number of benzene rings is 3. The summed E-state index contributed by atoms with van der Waals surface area (Å²) in [5.41, 5.74) is 3.77. The normalized spacial score (nSPS) is 23.3. The molecule has 3 aliphatic heterocycles. The average Bonchev–Trinajstić information content (AvgIpc) is 3.45. The van der Waals surface area contributed by atoms with Crippen molar-refractivity contribution in [3.63, 3.8) is 0 Å². The highest BCUT2D eigenvalue weighted by Crippen LogP contribution is 2.40. The number of anilines is 1. The number of rotatable bonds is 13. The number of amides is 3. The number of carbonyl (C=O) groups is 4. The molecule has 3 fully saturated rings. The number of aryl methyl sites for hydroxylation is 1. The zero-order chi connectivity index (χ0) is 39.0. The van der Waals surface area contributed by atoms with E-state index in [9.17, 15) is 32.3 Å². The Morgan fingerprint density at radius 1 is 0.782 bits per heavy atom. The number of nitrogens with zero attached hydrogens (tertiary/aromatic N) is 2. The van der Waals surface area contributed by atoms with Gasteiger partial charge in [-0.25, -0.2) is 0 Å². The van der Waals surface area contributed by atoms with E-state index in [-0.39, 0.29) is 31.0 Å². The molecule has 0 aromatic heterocycles. The van der Waals surface area contributed by atoms with Crippen LogP contribution in [0.1, 0.15) is 80.9 Å². The van der Waals surface area contributed by atoms with E-state index in [2.05, 4.69) is 5.32 Å². The van der Waals surface area contributed by atoms with E-state index in [4.69, 9.17) is 0 Å². The Hall–Kier alpha value is -4.12. The van der Waals surface area contributed by atoms with Crippen LogP contribution in [0.4, 0.5) is 18.9 Å². The molecule has 7 nitrogen and oxygen atoms in total. The Balaban J connectivity index is 1.20. The Bertz CT molecular complexity index is 1770. The van der Waals surface area contributed by atoms with Crippen LogP contribution in [0, 0.1) is 24.7 Å². The minimum Gasteiger partial charge on any atom is -0.344 e. The molecule has 6 rings (SSSR count). The van der Waals surface area contributed by atoms with Gasteiger partial charge in [0.15, 0.2) is 0 Å². The van der Waals surface area contributed by atoms with Gasteiger partial charge in [0, 0.05) is 36.4 Å². The topological polar surface area (TPSA) is 86.8 Å². The Morgan fingerprint density at radius 3 is 2.09 bits per heavy atom. The third kappa shape index (κ3) is 10.4. The summed E-state index contributed by atoms with van der Waals surface area (Å²) < 4.78 is 42.4. The van der Waals surface area contributed by atoms with E-state index < -0.39 is 53.2 Å². The van der Waals surface area contributed by atoms with Crippen LogP contribution >= 0.6 is 11.8 Å². The lowest BCUT2D eigenvalue weighted by atomic mass is 9.82. The number of alkyl halides is 3. The van der Waals surface area contributed by atoms with E-state index in [1.54, 1.807) is 0 Å². The zero-order valence-electron chi connectivity index (χ0n) is 31.5. The Morgan fingerprint density at radius 2 is 1.42 bits per heavy atom. The fourth-order valence-corrected chi connectivity index (χ4v) is 9.90. The molecular weight excluding hydrogens is 724 g/mol. The van der Waals surface area contributed by atoms with Gasteiger partial charge in [-0.2, -0.15) is 13.2 Å². The molecule has 6 atom stereocenters. The smallest absolute Gasteiger partial charge is 0.344 e. The van der Waals surface area contributed by atoms with Crippen molar-refractivity contribution in [2.45, 2.75) is 108 Å². The molecule has 3 aromatic rings. The number of fused-ring (bicyclic) bond motifs is 1. The van der Waals surface area contributed by atoms with Crippen molar-refractivity contribution in [3.05, 3.63) is 102 Å². The number of ketones is 1. The predicted molar refractivity (Wildman–Crippen MR) is 210 cm³/mol. The van der Waals surface area contributed by atoms with E-state index in [0.717, 1.165) is 40.1 Å². The third-order valence-electron chi connectivity index (χ3n) is 11.5. The maximum absolute atomic E-state index is 14.4. The van der Waals surface area contributed by atoms with Gasteiger partial charge in [-0.15, -0.1) is 11.8 Å². The van der Waals surface area contributed by atoms with Crippen LogP contribution in [0.5, 0.6) is 0 Å². The number of piperidine rings is 1. The molecule has 0 aliphatic carbocycles. The number of hydrogen-bond donors (Lipinski definition) is 1. The van der Waals surface area contributed by atoms with Crippen LogP contribution in [0.15, 0.2) is 84.9 Å². The van der Waals surface area contributed by atoms with Crippen LogP contribution in [0.2, 0.25) is 0 Å². The summed E-state index contributed by atoms with van der Waals surface area (Å²) in [6.07, 6.45) is 0.373. The zero-order valence-corrected chi connectivity index (χ0v) is 32.3. The highest BCUT2D eigenvalue weighted by atomic mass is 32.2. The second-order valence-electron chi connectivity index (χ2n) is 15.4. The number of nitrogens with one attached hydrogen (secondary N) is 1. The van der Waals surface area contributed by atoms with Crippen molar-refractivity contribution >= 4 is 41.0 Å². The highest BCUT2D eigenvalue weighted by Gasteiger charge is 2.51. The van der Waals surface area contributed by atoms with Crippen LogP contribution in [0.3, 0.4) is 0 Å². The summed E-state index contributed by atoms with van der Waals surface area (Å²) >= 11 is 1.36. The first kappa shape index (κ1) is 40.5. The standard InChI is InChI=1S/C44H52F3N3O4S/c1-30-13-8-9-19-37(30)49-25-11-10-18-35(42(49)53)29-38(51)33(27-31-14-4-2-5-15-31)22-23-34(28-32-16-6-3-7-17-32)41(52)48-36-24-26-55-40-21-12-20-39(44(45,46)47)50(40)43(36)54/h2-9,13-17,19,33-36,39-40H,10-12,18,20-29H2,1H3,(H,48,52)/t33?,34-,35-,36?,39?,40+/m1/s1. The molecule has 3 unspecified atom stereocenters. The number of halogens is 3. The van der Waals surface area contributed by atoms with E-state index in [1.807, 2.05) is 96.8 Å². The van der Waals surface area contributed by atoms with Gasteiger partial charge in [0.2, 0.25) is 17.7 Å². The van der Waals surface area contributed by atoms with Gasteiger partial charge in [0.1, 0.15) is 17.9 Å². The average molecular weight is 776 g/mol. The number of carbonyl (C=O) groups excluding carboxylic acids is 4. The van der Waals surface area contributed by atoms with Crippen molar-refractivity contribution in [2.75, 3.05) is 17.2 Å². The molecule has 1 N–H and O–H groups in total. The SMILES string of the molecule is Cc1ccccc1N1CCCC[C@H](CC(=O)C(CC[C@H](Cc2ccccc2)C(=O)NC2CCS[C@H]3CCCC(C(F)(F)F)N3C2=O)Cc2ccccc2)C1=O. The molecule has 11 heteroatoms. The number of para-hydroxylation sites is 1. The summed E-state index contributed by atoms with van der Waals surface area (Å²) in [6, 6.07) is 24.1. The van der Waals surface area contributed by atoms with Gasteiger partial charge >= 0.3 is 6.18 Å². The first-order valence-electron chi connectivity index (χ1n) is 19.8. The first-order valence-corrected chi connectivity index (χ1v) is 20.8. The number of thioether (sulfide) groups is 1. The quantitative estimate of drug-likeness (QED) is 0.188. The van der Waals surface area contributed by atoms with E-state index in [1.165, 1.54) is 11.8 Å². The van der Waals surface area contributed by atoms with Gasteiger partial charge in [0.05, 0.1) is 5.37 Å². The third-order valence-corrected chi connectivity index (χ3v) is 12.9. The van der Waals surface area contributed by atoms with E-state index >= 15 is 0 Å². The highest BCUT2D eigenvalue weighted by molar-refractivity contribution is 7.99. The second-order valence-corrected chi connectivity index (χ2v) is 16.7. The summed E-state index contributed by atoms with van der Waals surface area (Å²) in [4.78, 5) is 59.2. The van der Waals surface area contributed by atoms with Crippen molar-refractivity contribution in [1.29, 1.82) is 0 Å². The van der Waals surface area contributed by atoms with Crippen molar-refractivity contribution < 1.29 is 32.3 Å². The van der Waals surface area contributed by atoms with Gasteiger partial charge in [-0.3, -0.25) is 19.2 Å². The molecule has 3 amide bonds. The Labute approximate surface area is 326 Å². The molecule has 55 heavy (non-hydrogen) atoms. The molecule has 3 saturated heterocycles. The molecular formula is C44H52F3N3O4S. The van der Waals surface area contributed by atoms with Gasteiger partial charge in [0.25, 0.3) is 0 Å². The lowest BCUT2D eigenvalue weighted by Gasteiger charge is -2.42. The summed E-state index contributed by atoms with van der Waals surface area (Å²) in [5, 5.41) is 2.33. The van der Waals surface area contributed by atoms with Crippen LogP contribution in [-0.4, -0.2) is 64.3 Å². The second kappa shape index (κ2) is 18.7. The van der Waals surface area contributed by atoms with Gasteiger partial charge in [-0.05, 0) is 99.6 Å². The molecule has 0 spiro atoms. The van der Waals surface area contributed by atoms with Crippen molar-refractivity contribution in [2.24, 2.45) is 17.8 Å². The lowest BCUT2D eigenvalue weighted by molar-refractivity contribution is -0.198. The molecule has 3 aliphatic rings. The first-order chi connectivity index (χ1) is 26.5. The summed E-state index contributed by atoms with van der Waals surface area (Å²) in [5.74, 6) is -2.21.